The number of nitrogens with one attached hydrogen (secondary N) is 2. The molecule has 0 saturated heterocycles. The van der Waals surface area contributed by atoms with Gasteiger partial charge in [0.1, 0.15) is 0 Å². The monoisotopic (exact) mass is 490 g/mol. The average Bonchev–Trinajstić information content (AvgIpc) is 2.87. The van der Waals surface area contributed by atoms with Crippen molar-refractivity contribution in [2.75, 3.05) is 12.4 Å². The number of nitrogens with zero attached hydrogens (tertiary/aromatic N) is 2. The molecule has 0 aliphatic carbocycles. The number of anilines is 1. The first-order chi connectivity index (χ1) is 16.8. The Labute approximate surface area is 205 Å². The highest BCUT2D eigenvalue weighted by Gasteiger charge is 2.17. The largest absolute Gasteiger partial charge is 0.493 e. The Kier molecular flexibility index (Phi) is 8.16. The van der Waals surface area contributed by atoms with E-state index in [0.717, 1.165) is 0 Å². The summed E-state index contributed by atoms with van der Waals surface area (Å²) in [6.07, 6.45) is 0. The van der Waals surface area contributed by atoms with E-state index in [-0.39, 0.29) is 22.1 Å². The number of carbonyl (C=O) groups is 3. The van der Waals surface area contributed by atoms with Crippen LogP contribution < -0.4 is 20.2 Å². The molecule has 3 rings (SSSR count). The van der Waals surface area contributed by atoms with Gasteiger partial charge in [-0.1, -0.05) is 23.7 Å². The minimum absolute atomic E-state index is 0.166. The van der Waals surface area contributed by atoms with Gasteiger partial charge < -0.3 is 14.8 Å². The summed E-state index contributed by atoms with van der Waals surface area (Å²) in [6.45, 7) is 1.61. The molecule has 3 aromatic carbocycles. The standard InChI is InChI=1S/C25H19ClN4O5/c1-15(29-30-24(32)23(31)28-18-10-7-16(14-27)8-11-18)17-9-12-21(22(13-17)34-2)35-25(33)19-5-3-4-6-20(19)26/h3-13H,1-2H3,(H,28,31)(H,30,32)/b29-15+. The number of carbonyl (C=O) groups excluding carboxylic acids is 3. The lowest BCUT2D eigenvalue weighted by Gasteiger charge is -2.11. The molecule has 35 heavy (non-hydrogen) atoms. The molecule has 0 aliphatic heterocycles. The minimum Gasteiger partial charge on any atom is -0.493 e. The molecule has 0 bridgehead atoms. The first-order valence-electron chi connectivity index (χ1n) is 10.1. The van der Waals surface area contributed by atoms with Gasteiger partial charge in [0, 0.05) is 11.3 Å². The second-order valence-corrected chi connectivity index (χ2v) is 7.42. The molecule has 0 unspecified atom stereocenters. The molecule has 176 valence electrons. The molecule has 0 aliphatic rings. The summed E-state index contributed by atoms with van der Waals surface area (Å²) in [4.78, 5) is 36.6. The summed E-state index contributed by atoms with van der Waals surface area (Å²) in [6, 6.07) is 19.2. The lowest BCUT2D eigenvalue weighted by Crippen LogP contribution is -2.32. The zero-order valence-electron chi connectivity index (χ0n) is 18.7. The van der Waals surface area contributed by atoms with Gasteiger partial charge in [0.25, 0.3) is 0 Å². The zero-order valence-corrected chi connectivity index (χ0v) is 19.4. The molecular formula is C25H19ClN4O5. The van der Waals surface area contributed by atoms with Gasteiger partial charge >= 0.3 is 17.8 Å². The van der Waals surface area contributed by atoms with Crippen molar-refractivity contribution in [2.45, 2.75) is 6.92 Å². The number of methoxy groups -OCH3 is 1. The fourth-order valence-electron chi connectivity index (χ4n) is 2.82. The lowest BCUT2D eigenvalue weighted by atomic mass is 10.1. The maximum atomic E-state index is 12.4. The molecule has 0 aromatic heterocycles. The van der Waals surface area contributed by atoms with E-state index in [0.29, 0.717) is 22.5 Å². The zero-order chi connectivity index (χ0) is 25.4. The molecule has 0 saturated carbocycles. The predicted molar refractivity (Wildman–Crippen MR) is 130 cm³/mol. The van der Waals surface area contributed by atoms with E-state index in [1.807, 2.05) is 6.07 Å². The Balaban J connectivity index is 1.66. The van der Waals surface area contributed by atoms with E-state index < -0.39 is 17.8 Å². The predicted octanol–water partition coefficient (Wildman–Crippen LogP) is 3.92. The number of hydrogen-bond donors (Lipinski definition) is 2. The molecule has 0 spiro atoms. The van der Waals surface area contributed by atoms with Gasteiger partial charge in [-0.15, -0.1) is 0 Å². The van der Waals surface area contributed by atoms with Crippen LogP contribution in [0.4, 0.5) is 5.69 Å². The fraction of sp³-hybridized carbons (Fsp3) is 0.0800. The lowest BCUT2D eigenvalue weighted by molar-refractivity contribution is -0.136. The van der Waals surface area contributed by atoms with Gasteiger partial charge in [0.05, 0.1) is 35.0 Å². The number of hydrogen-bond acceptors (Lipinski definition) is 7. The van der Waals surface area contributed by atoms with Crippen LogP contribution in [0.2, 0.25) is 5.02 Å². The van der Waals surface area contributed by atoms with Crippen molar-refractivity contribution in [1.82, 2.24) is 5.43 Å². The molecule has 3 aromatic rings. The van der Waals surface area contributed by atoms with Crippen LogP contribution in [0.5, 0.6) is 11.5 Å². The maximum Gasteiger partial charge on any atom is 0.345 e. The molecular weight excluding hydrogens is 472 g/mol. The Bertz CT molecular complexity index is 1350. The van der Waals surface area contributed by atoms with E-state index in [9.17, 15) is 14.4 Å². The van der Waals surface area contributed by atoms with Gasteiger partial charge in [0.2, 0.25) is 0 Å². The molecule has 2 amide bonds. The van der Waals surface area contributed by atoms with E-state index in [1.165, 1.54) is 37.4 Å². The van der Waals surface area contributed by atoms with Crippen molar-refractivity contribution in [2.24, 2.45) is 5.10 Å². The summed E-state index contributed by atoms with van der Waals surface area (Å²) >= 11 is 6.04. The van der Waals surface area contributed by atoms with Gasteiger partial charge in [-0.2, -0.15) is 10.4 Å². The summed E-state index contributed by atoms with van der Waals surface area (Å²) in [5.41, 5.74) is 4.09. The van der Waals surface area contributed by atoms with E-state index in [4.69, 9.17) is 26.3 Å². The van der Waals surface area contributed by atoms with Crippen LogP contribution in [0, 0.1) is 11.3 Å². The van der Waals surface area contributed by atoms with Crippen molar-refractivity contribution < 1.29 is 23.9 Å². The van der Waals surface area contributed by atoms with Crippen LogP contribution in [-0.4, -0.2) is 30.6 Å². The highest BCUT2D eigenvalue weighted by atomic mass is 35.5. The van der Waals surface area contributed by atoms with E-state index in [2.05, 4.69) is 15.8 Å². The number of nitriles is 1. The number of rotatable bonds is 6. The topological polar surface area (TPSA) is 130 Å². The molecule has 10 heteroatoms. The molecule has 0 heterocycles. The Morgan fingerprint density at radius 1 is 0.971 bits per heavy atom. The summed E-state index contributed by atoms with van der Waals surface area (Å²) in [5.74, 6) is -2.13. The smallest absolute Gasteiger partial charge is 0.345 e. The highest BCUT2D eigenvalue weighted by Crippen LogP contribution is 2.30. The van der Waals surface area contributed by atoms with Crippen molar-refractivity contribution >= 4 is 40.8 Å². The third-order valence-electron chi connectivity index (χ3n) is 4.68. The van der Waals surface area contributed by atoms with E-state index >= 15 is 0 Å². The van der Waals surface area contributed by atoms with Crippen LogP contribution >= 0.6 is 11.6 Å². The molecule has 2 N–H and O–H groups in total. The number of esters is 1. The summed E-state index contributed by atoms with van der Waals surface area (Å²) < 4.78 is 10.7. The average molecular weight is 491 g/mol. The SMILES string of the molecule is COc1cc(/C(C)=N/NC(=O)C(=O)Nc2ccc(C#N)cc2)ccc1OC(=O)c1ccccc1Cl. The number of halogens is 1. The fourth-order valence-corrected chi connectivity index (χ4v) is 3.04. The number of ether oxygens (including phenoxy) is 2. The van der Waals surface area contributed by atoms with Crippen LogP contribution in [0.3, 0.4) is 0 Å². The Morgan fingerprint density at radius 2 is 1.69 bits per heavy atom. The quantitative estimate of drug-likeness (QED) is 0.177. The van der Waals surface area contributed by atoms with Crippen LogP contribution in [0.15, 0.2) is 71.8 Å². The molecule has 9 nitrogen and oxygen atoms in total. The van der Waals surface area contributed by atoms with E-state index in [1.54, 1.807) is 43.3 Å². The van der Waals surface area contributed by atoms with Crippen LogP contribution in [-0.2, 0) is 9.59 Å². The van der Waals surface area contributed by atoms with Gasteiger partial charge in [-0.3, -0.25) is 9.59 Å². The van der Waals surface area contributed by atoms with Gasteiger partial charge in [-0.25, -0.2) is 10.2 Å². The van der Waals surface area contributed by atoms with Gasteiger partial charge in [0.15, 0.2) is 11.5 Å². The summed E-state index contributed by atoms with van der Waals surface area (Å²) in [7, 11) is 1.41. The molecule has 0 radical (unpaired) electrons. The first kappa shape index (κ1) is 25.0. The van der Waals surface area contributed by atoms with Crippen LogP contribution in [0.25, 0.3) is 0 Å². The van der Waals surface area contributed by atoms with Crippen molar-refractivity contribution in [3.05, 3.63) is 88.4 Å². The minimum atomic E-state index is -0.981. The third kappa shape index (κ3) is 6.43. The Morgan fingerprint density at radius 3 is 2.34 bits per heavy atom. The second-order valence-electron chi connectivity index (χ2n) is 7.02. The normalized spacial score (nSPS) is 10.6. The molecule has 0 fully saturated rings. The van der Waals surface area contributed by atoms with Crippen LogP contribution in [0.1, 0.15) is 28.4 Å². The maximum absolute atomic E-state index is 12.4. The van der Waals surface area contributed by atoms with Crippen molar-refractivity contribution in [1.29, 1.82) is 5.26 Å². The summed E-state index contributed by atoms with van der Waals surface area (Å²) in [5, 5.41) is 15.4. The van der Waals surface area contributed by atoms with Crippen molar-refractivity contribution in [3.8, 4) is 17.6 Å². The Hall–Kier alpha value is -4.68. The number of benzene rings is 3. The van der Waals surface area contributed by atoms with Gasteiger partial charge in [-0.05, 0) is 61.5 Å². The first-order valence-corrected chi connectivity index (χ1v) is 10.5. The highest BCUT2D eigenvalue weighted by molar-refractivity contribution is 6.39. The third-order valence-corrected chi connectivity index (χ3v) is 5.01. The number of hydrazone groups is 1. The van der Waals surface area contributed by atoms with Crippen molar-refractivity contribution in [3.63, 3.8) is 0 Å². The molecule has 0 atom stereocenters. The second kappa shape index (κ2) is 11.4. The number of amides is 2.